The molecule has 1 aliphatic heterocycles. The molecule has 1 aromatic heterocycles. The van der Waals surface area contributed by atoms with Crippen molar-refractivity contribution in [3.05, 3.63) is 5.38 Å². The molecule has 2 rings (SSSR count). The predicted octanol–water partition coefficient (Wildman–Crippen LogP) is -1.04. The van der Waals surface area contributed by atoms with E-state index in [4.69, 9.17) is 10.0 Å². The fourth-order valence-electron chi connectivity index (χ4n) is 1.80. The molecule has 0 spiro atoms. The molecule has 0 atom stereocenters. The fraction of sp³-hybridized carbons (Fsp3) is 0.667. The van der Waals surface area contributed by atoms with E-state index in [0.29, 0.717) is 5.59 Å². The lowest BCUT2D eigenvalue weighted by Gasteiger charge is -2.33. The van der Waals surface area contributed by atoms with Gasteiger partial charge < -0.3 is 19.8 Å². The summed E-state index contributed by atoms with van der Waals surface area (Å²) in [5.74, 6) is 0. The summed E-state index contributed by atoms with van der Waals surface area (Å²) in [6, 6.07) is 0. The van der Waals surface area contributed by atoms with Crippen molar-refractivity contribution in [1.82, 2.24) is 9.88 Å². The molecule has 2 heterocycles. The van der Waals surface area contributed by atoms with Crippen LogP contribution < -0.4 is 10.5 Å². The van der Waals surface area contributed by atoms with Gasteiger partial charge in [0.05, 0.1) is 5.59 Å². The first kappa shape index (κ1) is 11.8. The summed E-state index contributed by atoms with van der Waals surface area (Å²) in [5.41, 5.74) is 0.345. The normalized spacial score (nSPS) is 17.8. The van der Waals surface area contributed by atoms with Gasteiger partial charge in [-0.2, -0.15) is 0 Å². The van der Waals surface area contributed by atoms with E-state index in [1.54, 1.807) is 5.38 Å². The van der Waals surface area contributed by atoms with Gasteiger partial charge in [-0.15, -0.1) is 11.3 Å². The highest BCUT2D eigenvalue weighted by molar-refractivity contribution is 7.14. The Balaban J connectivity index is 1.97. The van der Waals surface area contributed by atoms with Crippen LogP contribution in [0.3, 0.4) is 0 Å². The summed E-state index contributed by atoms with van der Waals surface area (Å²) in [6.45, 7) is 7.27. The quantitative estimate of drug-likeness (QED) is 0.662. The monoisotopic (exact) mass is 241 g/mol. The van der Waals surface area contributed by atoms with Crippen LogP contribution in [0.2, 0.25) is 0 Å². The van der Waals surface area contributed by atoms with Crippen LogP contribution in [0.1, 0.15) is 6.92 Å². The molecule has 1 saturated heterocycles. The first-order valence-electron chi connectivity index (χ1n) is 5.49. The highest BCUT2D eigenvalue weighted by Crippen LogP contribution is 2.18. The lowest BCUT2D eigenvalue weighted by Crippen LogP contribution is -2.46. The number of aromatic nitrogens is 1. The van der Waals surface area contributed by atoms with Crippen LogP contribution in [0.5, 0.6) is 0 Å². The summed E-state index contributed by atoms with van der Waals surface area (Å²) in [7, 11) is -1.46. The average Bonchev–Trinajstić information content (AvgIpc) is 2.78. The molecular weight excluding hydrogens is 225 g/mol. The van der Waals surface area contributed by atoms with Crippen molar-refractivity contribution < 1.29 is 10.0 Å². The average molecular weight is 241 g/mol. The topological polar surface area (TPSA) is 59.8 Å². The number of thiazole rings is 1. The second-order valence-corrected chi connectivity index (χ2v) is 4.69. The molecule has 5 nitrogen and oxygen atoms in total. The summed E-state index contributed by atoms with van der Waals surface area (Å²) in [4.78, 5) is 8.80. The summed E-state index contributed by atoms with van der Waals surface area (Å²) in [5, 5.41) is 20.6. The number of anilines is 1. The van der Waals surface area contributed by atoms with Crippen LogP contribution in [0.15, 0.2) is 5.38 Å². The van der Waals surface area contributed by atoms with Crippen LogP contribution in [-0.4, -0.2) is 59.8 Å². The number of likely N-dealkylation sites (N-methyl/N-ethyl adjacent to an activating group) is 1. The molecule has 1 fully saturated rings. The zero-order valence-electron chi connectivity index (χ0n) is 9.33. The van der Waals surface area contributed by atoms with Gasteiger partial charge in [-0.05, 0) is 6.54 Å². The maximum Gasteiger partial charge on any atom is 0.509 e. The van der Waals surface area contributed by atoms with E-state index in [0.717, 1.165) is 37.9 Å². The smallest absolute Gasteiger partial charge is 0.422 e. The van der Waals surface area contributed by atoms with E-state index >= 15 is 0 Å². The molecule has 2 N–H and O–H groups in total. The van der Waals surface area contributed by atoms with E-state index < -0.39 is 7.12 Å². The van der Waals surface area contributed by atoms with Gasteiger partial charge >= 0.3 is 7.12 Å². The van der Waals surface area contributed by atoms with E-state index in [9.17, 15) is 0 Å². The Labute approximate surface area is 99.5 Å². The second kappa shape index (κ2) is 5.14. The number of nitrogens with zero attached hydrogens (tertiary/aromatic N) is 3. The molecule has 0 aromatic carbocycles. The Bertz CT molecular complexity index is 339. The van der Waals surface area contributed by atoms with Crippen molar-refractivity contribution in [2.24, 2.45) is 0 Å². The van der Waals surface area contributed by atoms with Gasteiger partial charge in [0.1, 0.15) is 0 Å². The van der Waals surface area contributed by atoms with Crippen LogP contribution in [0.25, 0.3) is 0 Å². The first-order chi connectivity index (χ1) is 7.70. The Hall–Kier alpha value is -0.625. The molecule has 0 aliphatic carbocycles. The fourth-order valence-corrected chi connectivity index (χ4v) is 2.69. The van der Waals surface area contributed by atoms with Crippen molar-refractivity contribution >= 4 is 29.2 Å². The molecule has 16 heavy (non-hydrogen) atoms. The maximum atomic E-state index is 8.99. The van der Waals surface area contributed by atoms with Gasteiger partial charge in [-0.25, -0.2) is 4.98 Å². The minimum absolute atomic E-state index is 0.345. The van der Waals surface area contributed by atoms with Gasteiger partial charge in [0, 0.05) is 31.6 Å². The third kappa shape index (κ3) is 2.54. The van der Waals surface area contributed by atoms with Crippen LogP contribution in [0.4, 0.5) is 5.13 Å². The predicted molar refractivity (Wildman–Crippen MR) is 66.3 cm³/mol. The lowest BCUT2D eigenvalue weighted by atomic mass is 9.88. The van der Waals surface area contributed by atoms with E-state index in [2.05, 4.69) is 21.7 Å². The Kier molecular flexibility index (Phi) is 3.80. The third-order valence-corrected chi connectivity index (χ3v) is 3.78. The number of hydrogen-bond acceptors (Lipinski definition) is 6. The van der Waals surface area contributed by atoms with Crippen molar-refractivity contribution in [2.45, 2.75) is 6.92 Å². The SMILES string of the molecule is CCN1CCN(c2nc(B(O)O)cs2)CC1. The molecule has 0 unspecified atom stereocenters. The standard InChI is InChI=1S/C9H16BN3O2S/c1-2-12-3-5-13(6-4-12)9-11-8(7-16-9)10(14)15/h7,14-15H,2-6H2,1H3. The van der Waals surface area contributed by atoms with Crippen molar-refractivity contribution in [3.63, 3.8) is 0 Å². The van der Waals surface area contributed by atoms with Crippen LogP contribution >= 0.6 is 11.3 Å². The molecule has 0 saturated carbocycles. The molecule has 0 bridgehead atoms. The van der Waals surface area contributed by atoms with Gasteiger partial charge in [0.15, 0.2) is 5.13 Å². The zero-order chi connectivity index (χ0) is 11.5. The first-order valence-corrected chi connectivity index (χ1v) is 6.37. The number of rotatable bonds is 3. The second-order valence-electron chi connectivity index (χ2n) is 3.85. The van der Waals surface area contributed by atoms with Gasteiger partial charge in [0.2, 0.25) is 0 Å². The Morgan fingerprint density at radius 2 is 2.06 bits per heavy atom. The van der Waals surface area contributed by atoms with Gasteiger partial charge in [0.25, 0.3) is 0 Å². The molecule has 88 valence electrons. The molecule has 0 radical (unpaired) electrons. The summed E-state index contributed by atoms with van der Waals surface area (Å²) < 4.78 is 0. The number of piperazine rings is 1. The van der Waals surface area contributed by atoms with E-state index in [1.165, 1.54) is 11.3 Å². The van der Waals surface area contributed by atoms with Gasteiger partial charge in [-0.3, -0.25) is 0 Å². The molecule has 1 aromatic rings. The highest BCUT2D eigenvalue weighted by atomic mass is 32.1. The molecule has 0 amide bonds. The highest BCUT2D eigenvalue weighted by Gasteiger charge is 2.21. The minimum atomic E-state index is -1.46. The third-order valence-electron chi connectivity index (χ3n) is 2.86. The van der Waals surface area contributed by atoms with Crippen LogP contribution in [-0.2, 0) is 0 Å². The lowest BCUT2D eigenvalue weighted by molar-refractivity contribution is 0.271. The van der Waals surface area contributed by atoms with Gasteiger partial charge in [-0.1, -0.05) is 6.92 Å². The largest absolute Gasteiger partial charge is 0.509 e. The van der Waals surface area contributed by atoms with E-state index in [1.807, 2.05) is 0 Å². The summed E-state index contributed by atoms with van der Waals surface area (Å²) in [6.07, 6.45) is 0. The van der Waals surface area contributed by atoms with Crippen molar-refractivity contribution in [3.8, 4) is 0 Å². The van der Waals surface area contributed by atoms with Crippen LogP contribution in [0, 0.1) is 0 Å². The maximum absolute atomic E-state index is 8.99. The van der Waals surface area contributed by atoms with Crippen molar-refractivity contribution in [1.29, 1.82) is 0 Å². The molecule has 7 heteroatoms. The van der Waals surface area contributed by atoms with E-state index in [-0.39, 0.29) is 0 Å². The minimum Gasteiger partial charge on any atom is -0.422 e. The Morgan fingerprint density at radius 3 is 2.56 bits per heavy atom. The molecular formula is C9H16BN3O2S. The molecule has 1 aliphatic rings. The summed E-state index contributed by atoms with van der Waals surface area (Å²) >= 11 is 1.47. The van der Waals surface area contributed by atoms with Crippen molar-refractivity contribution in [2.75, 3.05) is 37.6 Å². The number of hydrogen-bond donors (Lipinski definition) is 2. The Morgan fingerprint density at radius 1 is 1.38 bits per heavy atom. The zero-order valence-corrected chi connectivity index (χ0v) is 10.2.